The molecule has 2 rings (SSSR count). The van der Waals surface area contributed by atoms with Gasteiger partial charge in [0.2, 0.25) is 17.7 Å². The molecule has 0 aliphatic heterocycles. The minimum Gasteiger partial charge on any atom is -0.508 e. The van der Waals surface area contributed by atoms with E-state index in [0.717, 1.165) is 36.8 Å². The molecule has 2 aromatic carbocycles. The predicted molar refractivity (Wildman–Crippen MR) is 149 cm³/mol. The minimum absolute atomic E-state index is 0.0910. The van der Waals surface area contributed by atoms with E-state index >= 15 is 0 Å². The summed E-state index contributed by atoms with van der Waals surface area (Å²) < 4.78 is 0. The molecule has 0 heterocycles. The van der Waals surface area contributed by atoms with Crippen molar-refractivity contribution >= 4 is 24.0 Å². The summed E-state index contributed by atoms with van der Waals surface area (Å²) in [5, 5.41) is 27.3. The number of carbonyl (C=O) groups excluding carboxylic acids is 4. The third-order valence-corrected chi connectivity index (χ3v) is 6.42. The first-order valence-corrected chi connectivity index (χ1v) is 13.5. The van der Waals surface area contributed by atoms with Gasteiger partial charge in [0.05, 0.1) is 6.04 Å². The van der Waals surface area contributed by atoms with Crippen LogP contribution in [0, 0.1) is 5.92 Å². The van der Waals surface area contributed by atoms with Crippen LogP contribution in [0.25, 0.3) is 0 Å². The van der Waals surface area contributed by atoms with Crippen molar-refractivity contribution in [1.82, 2.24) is 16.0 Å². The van der Waals surface area contributed by atoms with Crippen LogP contribution < -0.4 is 16.0 Å². The summed E-state index contributed by atoms with van der Waals surface area (Å²) in [5.41, 5.74) is 1.49. The van der Waals surface area contributed by atoms with Crippen molar-refractivity contribution in [3.05, 3.63) is 59.7 Å². The molecule has 212 valence electrons. The van der Waals surface area contributed by atoms with E-state index in [1.54, 1.807) is 38.1 Å². The lowest BCUT2D eigenvalue weighted by Crippen LogP contribution is -2.57. The molecule has 0 bridgehead atoms. The molecule has 0 fully saturated rings. The zero-order chi connectivity index (χ0) is 28.8. The molecule has 0 spiro atoms. The highest BCUT2D eigenvalue weighted by Gasteiger charge is 2.30. The maximum absolute atomic E-state index is 13.4. The summed E-state index contributed by atoms with van der Waals surface area (Å²) in [7, 11) is 0. The molecule has 0 radical (unpaired) electrons. The summed E-state index contributed by atoms with van der Waals surface area (Å²) in [6, 6.07) is 10.0. The lowest BCUT2D eigenvalue weighted by molar-refractivity contribution is -0.133. The molecule has 2 aromatic rings. The van der Waals surface area contributed by atoms with Crippen molar-refractivity contribution in [2.75, 3.05) is 0 Å². The molecule has 9 heteroatoms. The Balaban J connectivity index is 2.11. The van der Waals surface area contributed by atoms with Gasteiger partial charge in [-0.3, -0.25) is 14.4 Å². The molecule has 3 amide bonds. The number of phenols is 2. The number of aromatic hydroxyl groups is 2. The summed E-state index contributed by atoms with van der Waals surface area (Å²) in [4.78, 5) is 50.8. The topological polar surface area (TPSA) is 145 Å². The molecule has 39 heavy (non-hydrogen) atoms. The average Bonchev–Trinajstić information content (AvgIpc) is 2.91. The molecule has 0 saturated carbocycles. The van der Waals surface area contributed by atoms with E-state index in [1.165, 1.54) is 24.3 Å². The van der Waals surface area contributed by atoms with Crippen LogP contribution in [0.15, 0.2) is 48.5 Å². The first kappa shape index (κ1) is 31.3. The monoisotopic (exact) mass is 539 g/mol. The van der Waals surface area contributed by atoms with Gasteiger partial charge in [-0.15, -0.1) is 0 Å². The second kappa shape index (κ2) is 16.2. The number of hydrogen-bond acceptors (Lipinski definition) is 6. The second-order valence-corrected chi connectivity index (χ2v) is 10.2. The van der Waals surface area contributed by atoms with Gasteiger partial charge in [0, 0.05) is 12.8 Å². The van der Waals surface area contributed by atoms with E-state index in [0.29, 0.717) is 12.7 Å². The van der Waals surface area contributed by atoms with Gasteiger partial charge in [0.1, 0.15) is 29.9 Å². The highest BCUT2D eigenvalue weighted by atomic mass is 16.3. The SMILES string of the molecule is CCCCCCC(=O)N[C@@H](Cc1ccc(O)cc1)C(=O)N[C@H](C(=O)N[C@@H](C=O)Cc1ccc(O)cc1)C(C)C. The number of phenolic OH excluding ortho intramolecular Hbond substituents is 2. The second-order valence-electron chi connectivity index (χ2n) is 10.2. The van der Waals surface area contributed by atoms with Gasteiger partial charge >= 0.3 is 0 Å². The Morgan fingerprint density at radius 2 is 1.33 bits per heavy atom. The van der Waals surface area contributed by atoms with Gasteiger partial charge in [-0.25, -0.2) is 0 Å². The molecule has 3 atom stereocenters. The Morgan fingerprint density at radius 3 is 1.85 bits per heavy atom. The zero-order valence-electron chi connectivity index (χ0n) is 23.0. The fourth-order valence-electron chi connectivity index (χ4n) is 4.14. The molecule has 5 N–H and O–H groups in total. The number of amides is 3. The largest absolute Gasteiger partial charge is 0.508 e. The molecule has 0 aliphatic carbocycles. The molecule has 0 aliphatic rings. The Morgan fingerprint density at radius 1 is 0.769 bits per heavy atom. The zero-order valence-corrected chi connectivity index (χ0v) is 23.0. The quantitative estimate of drug-likeness (QED) is 0.164. The van der Waals surface area contributed by atoms with E-state index in [4.69, 9.17) is 0 Å². The molecular formula is C30H41N3O6. The fourth-order valence-corrected chi connectivity index (χ4v) is 4.14. The van der Waals surface area contributed by atoms with Crippen LogP contribution in [-0.4, -0.2) is 52.3 Å². The van der Waals surface area contributed by atoms with Crippen molar-refractivity contribution in [2.45, 2.75) is 83.8 Å². The maximum Gasteiger partial charge on any atom is 0.243 e. The first-order valence-electron chi connectivity index (χ1n) is 13.5. The Hall–Kier alpha value is -3.88. The van der Waals surface area contributed by atoms with E-state index in [9.17, 15) is 29.4 Å². The first-order chi connectivity index (χ1) is 18.6. The van der Waals surface area contributed by atoms with Crippen LogP contribution in [0.4, 0.5) is 0 Å². The number of hydrogen-bond donors (Lipinski definition) is 5. The number of unbranched alkanes of at least 4 members (excludes halogenated alkanes) is 3. The van der Waals surface area contributed by atoms with Crippen molar-refractivity contribution in [3.8, 4) is 11.5 Å². The van der Waals surface area contributed by atoms with Gasteiger partial charge in [-0.1, -0.05) is 64.3 Å². The summed E-state index contributed by atoms with van der Waals surface area (Å²) in [5.74, 6) is -1.38. The third-order valence-electron chi connectivity index (χ3n) is 6.42. The van der Waals surface area contributed by atoms with E-state index < -0.39 is 29.9 Å². The van der Waals surface area contributed by atoms with Crippen molar-refractivity contribution in [2.24, 2.45) is 5.92 Å². The molecule has 0 aromatic heterocycles. The normalized spacial score (nSPS) is 13.2. The average molecular weight is 540 g/mol. The van der Waals surface area contributed by atoms with Crippen LogP contribution in [0.5, 0.6) is 11.5 Å². The standard InChI is InChI=1S/C30H41N3O6/c1-4-5-6-7-8-27(37)32-26(18-22-11-15-25(36)16-12-22)29(38)33-28(20(2)3)30(39)31-23(19-34)17-21-9-13-24(35)14-10-21/h9-16,19-20,23,26,28,35-36H,4-8,17-18H2,1-3H3,(H,31,39)(H,32,37)(H,33,38)/t23-,26+,28+/m1/s1. The van der Waals surface area contributed by atoms with Crippen molar-refractivity contribution in [1.29, 1.82) is 0 Å². The Labute approximate surface area is 230 Å². The van der Waals surface area contributed by atoms with Crippen LogP contribution in [-0.2, 0) is 32.0 Å². The fraction of sp³-hybridized carbons (Fsp3) is 0.467. The Kier molecular flexibility index (Phi) is 13.0. The Bertz CT molecular complexity index is 1070. The van der Waals surface area contributed by atoms with Gasteiger partial charge in [0.15, 0.2) is 0 Å². The van der Waals surface area contributed by atoms with Crippen molar-refractivity contribution in [3.63, 3.8) is 0 Å². The highest BCUT2D eigenvalue weighted by Crippen LogP contribution is 2.14. The van der Waals surface area contributed by atoms with Gasteiger partial charge in [0.25, 0.3) is 0 Å². The van der Waals surface area contributed by atoms with Crippen molar-refractivity contribution < 1.29 is 29.4 Å². The van der Waals surface area contributed by atoms with Gasteiger partial charge < -0.3 is 31.0 Å². The van der Waals surface area contributed by atoms with E-state index in [2.05, 4.69) is 22.9 Å². The van der Waals surface area contributed by atoms with E-state index in [-0.39, 0.29) is 36.2 Å². The lowest BCUT2D eigenvalue weighted by Gasteiger charge is -2.26. The molecule has 9 nitrogen and oxygen atoms in total. The predicted octanol–water partition coefficient (Wildman–Crippen LogP) is 3.16. The highest BCUT2D eigenvalue weighted by molar-refractivity contribution is 5.93. The van der Waals surface area contributed by atoms with Crippen LogP contribution >= 0.6 is 0 Å². The van der Waals surface area contributed by atoms with E-state index in [1.807, 2.05) is 0 Å². The lowest BCUT2D eigenvalue weighted by atomic mass is 9.99. The van der Waals surface area contributed by atoms with Gasteiger partial charge in [-0.05, 0) is 54.2 Å². The minimum atomic E-state index is -0.941. The number of aldehydes is 1. The molecule has 0 unspecified atom stereocenters. The summed E-state index contributed by atoms with van der Waals surface area (Å²) in [6.07, 6.45) is 5.07. The van der Waals surface area contributed by atoms with Crippen LogP contribution in [0.3, 0.4) is 0 Å². The number of benzene rings is 2. The summed E-state index contributed by atoms with van der Waals surface area (Å²) >= 11 is 0. The van der Waals surface area contributed by atoms with Crippen LogP contribution in [0.1, 0.15) is 64.0 Å². The van der Waals surface area contributed by atoms with Gasteiger partial charge in [-0.2, -0.15) is 0 Å². The number of nitrogens with one attached hydrogen (secondary N) is 3. The number of carbonyl (C=O) groups is 4. The smallest absolute Gasteiger partial charge is 0.243 e. The maximum atomic E-state index is 13.4. The molecule has 0 saturated heterocycles. The number of rotatable bonds is 16. The summed E-state index contributed by atoms with van der Waals surface area (Å²) in [6.45, 7) is 5.65. The van der Waals surface area contributed by atoms with Crippen LogP contribution in [0.2, 0.25) is 0 Å². The third kappa shape index (κ3) is 11.2. The molecular weight excluding hydrogens is 498 g/mol.